The van der Waals surface area contributed by atoms with Gasteiger partial charge in [-0.1, -0.05) is 0 Å². The highest BCUT2D eigenvalue weighted by Gasteiger charge is 2.24. The van der Waals surface area contributed by atoms with E-state index in [0.717, 1.165) is 45.2 Å². The molecule has 0 saturated carbocycles. The summed E-state index contributed by atoms with van der Waals surface area (Å²) in [6.07, 6.45) is 2.19. The van der Waals surface area contributed by atoms with Crippen LogP contribution in [0.1, 0.15) is 12.8 Å². The molecule has 0 aliphatic carbocycles. The molecule has 1 N–H and O–H groups in total. The van der Waals surface area contributed by atoms with E-state index in [9.17, 15) is 0 Å². The van der Waals surface area contributed by atoms with Crippen LogP contribution in [0.15, 0.2) is 4.99 Å². The fourth-order valence-corrected chi connectivity index (χ4v) is 2.15. The quantitative estimate of drug-likeness (QED) is 0.421. The summed E-state index contributed by atoms with van der Waals surface area (Å²) in [6.45, 7) is 4.65. The van der Waals surface area contributed by atoms with Crippen LogP contribution in [-0.2, 0) is 9.47 Å². The molecule has 0 aromatic heterocycles. The highest BCUT2D eigenvalue weighted by molar-refractivity contribution is 5.80. The first kappa shape index (κ1) is 14.3. The molecule has 1 atom stereocenters. The van der Waals surface area contributed by atoms with Crippen molar-refractivity contribution in [3.05, 3.63) is 0 Å². The molecule has 1 heterocycles. The second-order valence-electron chi connectivity index (χ2n) is 4.38. The van der Waals surface area contributed by atoms with E-state index in [-0.39, 0.29) is 0 Å². The van der Waals surface area contributed by atoms with E-state index >= 15 is 0 Å². The number of nitrogens with zero attached hydrogens (tertiary/aromatic N) is 2. The van der Waals surface area contributed by atoms with Crippen molar-refractivity contribution < 1.29 is 9.47 Å². The first-order chi connectivity index (χ1) is 8.31. The van der Waals surface area contributed by atoms with Crippen molar-refractivity contribution >= 4 is 5.96 Å². The third-order valence-corrected chi connectivity index (χ3v) is 3.01. The van der Waals surface area contributed by atoms with Crippen LogP contribution < -0.4 is 5.32 Å². The number of aliphatic imine (C=N–C) groups is 1. The molecule has 0 radical (unpaired) electrons. The monoisotopic (exact) mass is 243 g/mol. The van der Waals surface area contributed by atoms with Gasteiger partial charge >= 0.3 is 0 Å². The number of methoxy groups -OCH3 is 2. The summed E-state index contributed by atoms with van der Waals surface area (Å²) in [5.41, 5.74) is 0. The molecule has 1 aliphatic rings. The Labute approximate surface area is 104 Å². The molecule has 1 fully saturated rings. The normalized spacial score (nSPS) is 21.0. The Bertz CT molecular complexity index is 234. The second kappa shape index (κ2) is 8.31. The lowest BCUT2D eigenvalue weighted by Gasteiger charge is -2.21. The summed E-state index contributed by atoms with van der Waals surface area (Å²) in [7, 11) is 5.33. The van der Waals surface area contributed by atoms with Gasteiger partial charge in [0.2, 0.25) is 0 Å². The summed E-state index contributed by atoms with van der Waals surface area (Å²) in [6, 6.07) is 0. The van der Waals surface area contributed by atoms with E-state index in [1.165, 1.54) is 6.42 Å². The van der Waals surface area contributed by atoms with Crippen molar-refractivity contribution in [1.29, 1.82) is 0 Å². The van der Waals surface area contributed by atoms with Crippen LogP contribution in [0.4, 0.5) is 0 Å². The second-order valence-corrected chi connectivity index (χ2v) is 4.38. The average molecular weight is 243 g/mol. The van der Waals surface area contributed by atoms with Crippen LogP contribution in [0.3, 0.4) is 0 Å². The Hall–Kier alpha value is -0.810. The van der Waals surface area contributed by atoms with Crippen molar-refractivity contribution in [2.75, 3.05) is 54.1 Å². The highest BCUT2D eigenvalue weighted by atomic mass is 16.5. The predicted octanol–water partition coefficient (Wildman–Crippen LogP) is 0.567. The molecule has 1 aliphatic heterocycles. The van der Waals surface area contributed by atoms with Gasteiger partial charge in [0.25, 0.3) is 0 Å². The van der Waals surface area contributed by atoms with E-state index in [2.05, 4.69) is 15.2 Å². The van der Waals surface area contributed by atoms with Crippen molar-refractivity contribution in [2.45, 2.75) is 12.8 Å². The minimum atomic E-state index is 0.637. The first-order valence-electron chi connectivity index (χ1n) is 6.25. The molecule has 0 spiro atoms. The summed E-state index contributed by atoms with van der Waals surface area (Å²) in [5, 5.41) is 3.36. The van der Waals surface area contributed by atoms with E-state index in [0.29, 0.717) is 5.92 Å². The topological polar surface area (TPSA) is 46.1 Å². The van der Waals surface area contributed by atoms with Crippen molar-refractivity contribution in [3.8, 4) is 0 Å². The number of likely N-dealkylation sites (tertiary alicyclic amines) is 1. The molecule has 0 aromatic carbocycles. The maximum absolute atomic E-state index is 5.20. The molecule has 0 bridgehead atoms. The molecule has 1 rings (SSSR count). The van der Waals surface area contributed by atoms with Crippen molar-refractivity contribution in [1.82, 2.24) is 10.2 Å². The smallest absolute Gasteiger partial charge is 0.193 e. The molecular formula is C12H25N3O2. The molecule has 5 heteroatoms. The first-order valence-corrected chi connectivity index (χ1v) is 6.25. The van der Waals surface area contributed by atoms with Crippen LogP contribution in [0.5, 0.6) is 0 Å². The Balaban J connectivity index is 2.27. The van der Waals surface area contributed by atoms with E-state index in [1.54, 1.807) is 14.2 Å². The Morgan fingerprint density at radius 3 is 2.88 bits per heavy atom. The molecule has 5 nitrogen and oxygen atoms in total. The van der Waals surface area contributed by atoms with Gasteiger partial charge in [0.1, 0.15) is 0 Å². The maximum atomic E-state index is 5.20. The molecule has 0 aromatic rings. The number of ether oxygens (including phenoxy) is 2. The summed E-state index contributed by atoms with van der Waals surface area (Å²) in [5.74, 6) is 1.64. The van der Waals surface area contributed by atoms with E-state index in [1.807, 2.05) is 7.05 Å². The molecule has 1 unspecified atom stereocenters. The largest absolute Gasteiger partial charge is 0.385 e. The molecule has 100 valence electrons. The average Bonchev–Trinajstić information content (AvgIpc) is 2.78. The minimum absolute atomic E-state index is 0.637. The van der Waals surface area contributed by atoms with Crippen LogP contribution in [0.25, 0.3) is 0 Å². The fraction of sp³-hybridized carbons (Fsp3) is 0.917. The summed E-state index contributed by atoms with van der Waals surface area (Å²) in [4.78, 5) is 6.61. The Kier molecular flexibility index (Phi) is 6.96. The lowest BCUT2D eigenvalue weighted by molar-refractivity contribution is 0.157. The zero-order chi connectivity index (χ0) is 12.5. The van der Waals surface area contributed by atoms with Gasteiger partial charge in [-0.3, -0.25) is 4.99 Å². The third kappa shape index (κ3) is 4.91. The zero-order valence-electron chi connectivity index (χ0n) is 11.2. The molecular weight excluding hydrogens is 218 g/mol. The van der Waals surface area contributed by atoms with Gasteiger partial charge in [0.05, 0.1) is 6.61 Å². The predicted molar refractivity (Wildman–Crippen MR) is 69.4 cm³/mol. The van der Waals surface area contributed by atoms with Crippen LogP contribution >= 0.6 is 0 Å². The Morgan fingerprint density at radius 2 is 2.24 bits per heavy atom. The van der Waals surface area contributed by atoms with E-state index in [4.69, 9.17) is 9.47 Å². The molecule has 17 heavy (non-hydrogen) atoms. The number of nitrogens with one attached hydrogen (secondary N) is 1. The lowest BCUT2D eigenvalue weighted by Crippen LogP contribution is -2.40. The van der Waals surface area contributed by atoms with Gasteiger partial charge in [-0.2, -0.15) is 0 Å². The van der Waals surface area contributed by atoms with E-state index < -0.39 is 0 Å². The van der Waals surface area contributed by atoms with Gasteiger partial charge in [0, 0.05) is 53.4 Å². The molecule has 1 saturated heterocycles. The Morgan fingerprint density at radius 1 is 1.41 bits per heavy atom. The fourth-order valence-electron chi connectivity index (χ4n) is 2.15. The van der Waals surface area contributed by atoms with Crippen molar-refractivity contribution in [2.24, 2.45) is 10.9 Å². The number of hydrogen-bond acceptors (Lipinski definition) is 3. The molecule has 0 amide bonds. The zero-order valence-corrected chi connectivity index (χ0v) is 11.2. The number of rotatable bonds is 6. The van der Waals surface area contributed by atoms with Gasteiger partial charge in [-0.25, -0.2) is 0 Å². The third-order valence-electron chi connectivity index (χ3n) is 3.01. The van der Waals surface area contributed by atoms with Crippen LogP contribution in [0, 0.1) is 5.92 Å². The summed E-state index contributed by atoms with van der Waals surface area (Å²) >= 11 is 0. The highest BCUT2D eigenvalue weighted by Crippen LogP contribution is 2.16. The van der Waals surface area contributed by atoms with Gasteiger partial charge < -0.3 is 19.7 Å². The van der Waals surface area contributed by atoms with Gasteiger partial charge in [-0.05, 0) is 12.8 Å². The van der Waals surface area contributed by atoms with Gasteiger partial charge in [0.15, 0.2) is 5.96 Å². The van der Waals surface area contributed by atoms with Crippen LogP contribution in [0.2, 0.25) is 0 Å². The van der Waals surface area contributed by atoms with Gasteiger partial charge in [-0.15, -0.1) is 0 Å². The lowest BCUT2D eigenvalue weighted by atomic mass is 10.1. The SMILES string of the molecule is CN=C(NCCCOC)N1CCC(COC)C1. The van der Waals surface area contributed by atoms with Crippen LogP contribution in [-0.4, -0.2) is 65.0 Å². The number of hydrogen-bond donors (Lipinski definition) is 1. The standard InChI is InChI=1S/C12H25N3O2/c1-13-12(14-6-4-8-16-2)15-7-5-11(9-15)10-17-3/h11H,4-10H2,1-3H3,(H,13,14). The summed E-state index contributed by atoms with van der Waals surface area (Å²) < 4.78 is 10.2. The minimum Gasteiger partial charge on any atom is -0.385 e. The number of guanidine groups is 1. The maximum Gasteiger partial charge on any atom is 0.193 e. The van der Waals surface area contributed by atoms with Crippen molar-refractivity contribution in [3.63, 3.8) is 0 Å².